The Kier molecular flexibility index (Phi) is 2.21. The van der Waals surface area contributed by atoms with Gasteiger partial charge < -0.3 is 9.97 Å². The number of hydrogen-bond acceptors (Lipinski definition) is 2. The van der Waals surface area contributed by atoms with Crippen molar-refractivity contribution in [1.82, 2.24) is 19.9 Å². The summed E-state index contributed by atoms with van der Waals surface area (Å²) in [6.45, 7) is 4.24. The lowest BCUT2D eigenvalue weighted by Gasteiger charge is -1.98. The SMILES string of the molecule is Cc1c(-c2[nH]c3ncccc3c2C)[nH]c2ncccc12. The summed E-state index contributed by atoms with van der Waals surface area (Å²) < 4.78 is 0. The molecule has 4 heterocycles. The molecule has 0 unspecified atom stereocenters. The smallest absolute Gasteiger partial charge is 0.138 e. The van der Waals surface area contributed by atoms with Crippen LogP contribution in [-0.2, 0) is 0 Å². The zero-order chi connectivity index (χ0) is 13.7. The van der Waals surface area contributed by atoms with Crippen molar-refractivity contribution in [2.24, 2.45) is 0 Å². The zero-order valence-corrected chi connectivity index (χ0v) is 11.4. The number of aryl methyl sites for hydroxylation is 2. The molecule has 4 nitrogen and oxygen atoms in total. The first-order chi connectivity index (χ1) is 9.75. The summed E-state index contributed by atoms with van der Waals surface area (Å²) in [6, 6.07) is 8.11. The maximum atomic E-state index is 4.39. The zero-order valence-electron chi connectivity index (χ0n) is 11.4. The summed E-state index contributed by atoms with van der Waals surface area (Å²) in [5.41, 5.74) is 6.45. The van der Waals surface area contributed by atoms with Crippen molar-refractivity contribution in [2.45, 2.75) is 13.8 Å². The Bertz CT molecular complexity index is 852. The molecule has 4 rings (SSSR count). The largest absolute Gasteiger partial charge is 0.338 e. The molecule has 0 amide bonds. The first-order valence-corrected chi connectivity index (χ1v) is 6.62. The maximum Gasteiger partial charge on any atom is 0.138 e. The number of hydrogen-bond donors (Lipinski definition) is 2. The molecule has 4 aromatic heterocycles. The third kappa shape index (κ3) is 1.42. The lowest BCUT2D eigenvalue weighted by molar-refractivity contribution is 1.27. The van der Waals surface area contributed by atoms with E-state index < -0.39 is 0 Å². The second-order valence-corrected chi connectivity index (χ2v) is 5.05. The van der Waals surface area contributed by atoms with Crippen LogP contribution in [0.25, 0.3) is 33.5 Å². The van der Waals surface area contributed by atoms with Crippen LogP contribution in [0.3, 0.4) is 0 Å². The van der Waals surface area contributed by atoms with Gasteiger partial charge >= 0.3 is 0 Å². The van der Waals surface area contributed by atoms with Crippen LogP contribution in [0.5, 0.6) is 0 Å². The predicted octanol–water partition coefficient (Wildman–Crippen LogP) is 3.72. The summed E-state index contributed by atoms with van der Waals surface area (Å²) in [7, 11) is 0. The second kappa shape index (κ2) is 3.93. The minimum absolute atomic E-state index is 0.922. The van der Waals surface area contributed by atoms with Gasteiger partial charge in [0.05, 0.1) is 11.4 Å². The molecule has 0 aliphatic carbocycles. The minimum atomic E-state index is 0.922. The second-order valence-electron chi connectivity index (χ2n) is 5.05. The minimum Gasteiger partial charge on any atom is -0.338 e. The van der Waals surface area contributed by atoms with E-state index in [9.17, 15) is 0 Å². The van der Waals surface area contributed by atoms with Gasteiger partial charge in [0.1, 0.15) is 11.3 Å². The van der Waals surface area contributed by atoms with Gasteiger partial charge in [0, 0.05) is 23.2 Å². The fourth-order valence-electron chi connectivity index (χ4n) is 2.81. The number of nitrogens with one attached hydrogen (secondary N) is 2. The molecule has 4 aromatic rings. The third-order valence-electron chi connectivity index (χ3n) is 3.91. The van der Waals surface area contributed by atoms with Crippen molar-refractivity contribution >= 4 is 22.1 Å². The van der Waals surface area contributed by atoms with Crippen molar-refractivity contribution in [3.8, 4) is 11.4 Å². The Balaban J connectivity index is 2.06. The van der Waals surface area contributed by atoms with E-state index in [-0.39, 0.29) is 0 Å². The van der Waals surface area contributed by atoms with Crippen LogP contribution < -0.4 is 0 Å². The number of fused-ring (bicyclic) bond motifs is 2. The molecule has 20 heavy (non-hydrogen) atoms. The van der Waals surface area contributed by atoms with E-state index in [1.165, 1.54) is 11.1 Å². The van der Waals surface area contributed by atoms with Gasteiger partial charge in [-0.3, -0.25) is 0 Å². The lowest BCUT2D eigenvalue weighted by Crippen LogP contribution is -1.83. The highest BCUT2D eigenvalue weighted by Gasteiger charge is 2.15. The Morgan fingerprint density at radius 1 is 0.750 bits per heavy atom. The molecule has 0 aromatic carbocycles. The van der Waals surface area contributed by atoms with Crippen LogP contribution in [0.2, 0.25) is 0 Å². The first kappa shape index (κ1) is 11.2. The molecule has 0 saturated carbocycles. The van der Waals surface area contributed by atoms with Crippen molar-refractivity contribution in [3.05, 3.63) is 47.8 Å². The Hall–Kier alpha value is -2.62. The highest BCUT2D eigenvalue weighted by atomic mass is 14.9. The number of rotatable bonds is 1. The van der Waals surface area contributed by atoms with E-state index >= 15 is 0 Å². The van der Waals surface area contributed by atoms with Crippen LogP contribution in [0, 0.1) is 13.8 Å². The number of nitrogens with zero attached hydrogens (tertiary/aromatic N) is 2. The normalized spacial score (nSPS) is 11.5. The highest BCUT2D eigenvalue weighted by Crippen LogP contribution is 2.32. The summed E-state index contributed by atoms with van der Waals surface area (Å²) in [4.78, 5) is 15.6. The summed E-state index contributed by atoms with van der Waals surface area (Å²) in [5.74, 6) is 0. The molecule has 0 bridgehead atoms. The van der Waals surface area contributed by atoms with Gasteiger partial charge in [0.15, 0.2) is 0 Å². The molecule has 4 heteroatoms. The number of aromatic amines is 2. The molecular weight excluding hydrogens is 248 g/mol. The van der Waals surface area contributed by atoms with E-state index in [1.54, 1.807) is 0 Å². The summed E-state index contributed by atoms with van der Waals surface area (Å²) >= 11 is 0. The predicted molar refractivity (Wildman–Crippen MR) is 80.7 cm³/mol. The Morgan fingerprint density at radius 2 is 1.20 bits per heavy atom. The van der Waals surface area contributed by atoms with Gasteiger partial charge in [0.2, 0.25) is 0 Å². The quantitative estimate of drug-likeness (QED) is 0.549. The standard InChI is InChI=1S/C16H14N4/c1-9-11-5-3-7-17-15(11)19-13(9)14-10(2)12-6-4-8-18-16(12)20-14/h3-8H,1-2H3,(H,17,19)(H,18,20). The van der Waals surface area contributed by atoms with E-state index in [2.05, 4.69) is 45.9 Å². The lowest BCUT2D eigenvalue weighted by atomic mass is 10.1. The van der Waals surface area contributed by atoms with Gasteiger partial charge in [-0.25, -0.2) is 9.97 Å². The molecule has 0 saturated heterocycles. The van der Waals surface area contributed by atoms with E-state index in [0.717, 1.165) is 33.5 Å². The average Bonchev–Trinajstić information content (AvgIpc) is 2.98. The van der Waals surface area contributed by atoms with Crippen molar-refractivity contribution in [2.75, 3.05) is 0 Å². The maximum absolute atomic E-state index is 4.39. The van der Waals surface area contributed by atoms with Crippen molar-refractivity contribution < 1.29 is 0 Å². The topological polar surface area (TPSA) is 57.4 Å². The van der Waals surface area contributed by atoms with Crippen LogP contribution in [-0.4, -0.2) is 19.9 Å². The average molecular weight is 262 g/mol. The monoisotopic (exact) mass is 262 g/mol. The van der Waals surface area contributed by atoms with Gasteiger partial charge in [-0.05, 0) is 49.2 Å². The van der Waals surface area contributed by atoms with Gasteiger partial charge in [-0.2, -0.15) is 0 Å². The van der Waals surface area contributed by atoms with Crippen molar-refractivity contribution in [1.29, 1.82) is 0 Å². The van der Waals surface area contributed by atoms with E-state index in [4.69, 9.17) is 0 Å². The summed E-state index contributed by atoms with van der Waals surface area (Å²) in [6.07, 6.45) is 3.61. The van der Waals surface area contributed by atoms with E-state index in [0.29, 0.717) is 0 Å². The fraction of sp³-hybridized carbons (Fsp3) is 0.125. The number of aromatic nitrogens is 4. The highest BCUT2D eigenvalue weighted by molar-refractivity contribution is 5.93. The van der Waals surface area contributed by atoms with Crippen LogP contribution in [0.1, 0.15) is 11.1 Å². The molecule has 0 aliphatic heterocycles. The van der Waals surface area contributed by atoms with Gasteiger partial charge in [-0.15, -0.1) is 0 Å². The molecule has 2 N–H and O–H groups in total. The fourth-order valence-corrected chi connectivity index (χ4v) is 2.81. The molecule has 0 fully saturated rings. The molecule has 0 atom stereocenters. The molecule has 0 aliphatic rings. The summed E-state index contributed by atoms with van der Waals surface area (Å²) in [5, 5.41) is 2.32. The van der Waals surface area contributed by atoms with Gasteiger partial charge in [0.25, 0.3) is 0 Å². The number of pyridine rings is 2. The van der Waals surface area contributed by atoms with Crippen LogP contribution in [0.15, 0.2) is 36.7 Å². The number of H-pyrrole nitrogens is 2. The third-order valence-corrected chi connectivity index (χ3v) is 3.91. The molecular formula is C16H14N4. The Labute approximate surface area is 115 Å². The van der Waals surface area contributed by atoms with E-state index in [1.807, 2.05) is 24.5 Å². The van der Waals surface area contributed by atoms with Gasteiger partial charge in [-0.1, -0.05) is 0 Å². The molecule has 98 valence electrons. The van der Waals surface area contributed by atoms with Crippen LogP contribution >= 0.6 is 0 Å². The molecule has 0 radical (unpaired) electrons. The van der Waals surface area contributed by atoms with Crippen LogP contribution in [0.4, 0.5) is 0 Å². The van der Waals surface area contributed by atoms with Crippen molar-refractivity contribution in [3.63, 3.8) is 0 Å². The molecule has 0 spiro atoms. The Morgan fingerprint density at radius 3 is 1.60 bits per heavy atom. The first-order valence-electron chi connectivity index (χ1n) is 6.62.